The maximum absolute atomic E-state index is 13.2. The first-order valence-electron chi connectivity index (χ1n) is 6.91. The summed E-state index contributed by atoms with van der Waals surface area (Å²) in [7, 11) is 1.93. The maximum atomic E-state index is 13.2. The van der Waals surface area contributed by atoms with Crippen LogP contribution in [0, 0.1) is 5.82 Å². The summed E-state index contributed by atoms with van der Waals surface area (Å²) >= 11 is 0. The van der Waals surface area contributed by atoms with Gasteiger partial charge in [0.2, 0.25) is 0 Å². The normalized spacial score (nSPS) is 11.5. The van der Waals surface area contributed by atoms with Crippen molar-refractivity contribution in [2.24, 2.45) is 4.99 Å². The Morgan fingerprint density at radius 2 is 2.29 bits per heavy atom. The lowest BCUT2D eigenvalue weighted by molar-refractivity contribution is 0.474. The second-order valence-electron chi connectivity index (χ2n) is 4.74. The quantitative estimate of drug-likeness (QED) is 0.655. The minimum Gasteiger partial charge on any atom is -0.357 e. The molecule has 0 unspecified atom stereocenters. The molecule has 5 nitrogen and oxygen atoms in total. The van der Waals surface area contributed by atoms with Crippen LogP contribution < -0.4 is 5.32 Å². The van der Waals surface area contributed by atoms with Gasteiger partial charge in [-0.3, -0.25) is 5.10 Å². The molecule has 0 bridgehead atoms. The van der Waals surface area contributed by atoms with Gasteiger partial charge in [-0.15, -0.1) is 0 Å². The van der Waals surface area contributed by atoms with Gasteiger partial charge < -0.3 is 10.2 Å². The van der Waals surface area contributed by atoms with Crippen LogP contribution in [-0.4, -0.2) is 34.6 Å². The van der Waals surface area contributed by atoms with Gasteiger partial charge in [-0.2, -0.15) is 5.10 Å². The molecule has 1 heterocycles. The van der Waals surface area contributed by atoms with Gasteiger partial charge in [0.25, 0.3) is 0 Å². The fraction of sp³-hybridized carbons (Fsp3) is 0.333. The highest BCUT2D eigenvalue weighted by molar-refractivity contribution is 5.79. The van der Waals surface area contributed by atoms with Crippen molar-refractivity contribution in [3.63, 3.8) is 0 Å². The van der Waals surface area contributed by atoms with Gasteiger partial charge >= 0.3 is 0 Å². The van der Waals surface area contributed by atoms with Crippen LogP contribution in [0.4, 0.5) is 4.39 Å². The highest BCUT2D eigenvalue weighted by Crippen LogP contribution is 2.07. The van der Waals surface area contributed by atoms with Crippen LogP contribution in [0.1, 0.15) is 18.2 Å². The van der Waals surface area contributed by atoms with E-state index in [4.69, 9.17) is 0 Å². The van der Waals surface area contributed by atoms with Crippen molar-refractivity contribution in [1.82, 2.24) is 20.4 Å². The molecule has 0 spiro atoms. The van der Waals surface area contributed by atoms with Crippen LogP contribution in [0.5, 0.6) is 0 Å². The van der Waals surface area contributed by atoms with Crippen LogP contribution in [-0.2, 0) is 13.1 Å². The lowest BCUT2D eigenvalue weighted by Gasteiger charge is -2.22. The summed E-state index contributed by atoms with van der Waals surface area (Å²) in [5.41, 5.74) is 1.86. The van der Waals surface area contributed by atoms with Crippen molar-refractivity contribution >= 4 is 5.96 Å². The zero-order valence-electron chi connectivity index (χ0n) is 12.3. The first-order valence-corrected chi connectivity index (χ1v) is 6.91. The van der Waals surface area contributed by atoms with Crippen molar-refractivity contribution < 1.29 is 4.39 Å². The van der Waals surface area contributed by atoms with E-state index < -0.39 is 0 Å². The molecule has 0 saturated heterocycles. The third-order valence-electron chi connectivity index (χ3n) is 2.96. The predicted molar refractivity (Wildman–Crippen MR) is 81.3 cm³/mol. The number of nitrogens with zero attached hydrogens (tertiary/aromatic N) is 3. The van der Waals surface area contributed by atoms with Crippen LogP contribution >= 0.6 is 0 Å². The third kappa shape index (κ3) is 4.59. The number of guanidine groups is 1. The fourth-order valence-corrected chi connectivity index (χ4v) is 1.99. The zero-order valence-corrected chi connectivity index (χ0v) is 12.3. The van der Waals surface area contributed by atoms with Crippen LogP contribution in [0.15, 0.2) is 41.5 Å². The van der Waals surface area contributed by atoms with Gasteiger partial charge in [0.05, 0.1) is 12.2 Å². The van der Waals surface area contributed by atoms with E-state index in [-0.39, 0.29) is 5.82 Å². The molecule has 0 atom stereocenters. The molecule has 1 aromatic carbocycles. The Balaban J connectivity index is 2.04. The summed E-state index contributed by atoms with van der Waals surface area (Å²) in [4.78, 5) is 6.51. The van der Waals surface area contributed by atoms with Gasteiger partial charge in [0.15, 0.2) is 5.96 Å². The summed E-state index contributed by atoms with van der Waals surface area (Å²) in [5, 5.41) is 10.0. The van der Waals surface area contributed by atoms with Gasteiger partial charge in [0.1, 0.15) is 5.82 Å². The van der Waals surface area contributed by atoms with E-state index in [1.165, 1.54) is 12.1 Å². The second-order valence-corrected chi connectivity index (χ2v) is 4.74. The maximum Gasteiger partial charge on any atom is 0.194 e. The Morgan fingerprint density at radius 3 is 2.95 bits per heavy atom. The summed E-state index contributed by atoms with van der Waals surface area (Å²) in [6.07, 6.45) is 1.70. The Bertz CT molecular complexity index is 580. The number of aromatic nitrogens is 2. The minimum atomic E-state index is -0.222. The molecule has 112 valence electrons. The average molecular weight is 289 g/mol. The molecule has 2 N–H and O–H groups in total. The number of rotatable bonds is 5. The lowest BCUT2D eigenvalue weighted by atomic mass is 10.2. The molecule has 2 rings (SSSR count). The highest BCUT2D eigenvalue weighted by Gasteiger charge is 2.07. The molecular weight excluding hydrogens is 269 g/mol. The number of aromatic amines is 1. The largest absolute Gasteiger partial charge is 0.357 e. The molecule has 6 heteroatoms. The minimum absolute atomic E-state index is 0.222. The number of hydrogen-bond donors (Lipinski definition) is 2. The number of benzene rings is 1. The Labute approximate surface area is 123 Å². The molecule has 0 aliphatic rings. The van der Waals surface area contributed by atoms with Crippen molar-refractivity contribution in [3.8, 4) is 0 Å². The summed E-state index contributed by atoms with van der Waals surface area (Å²) < 4.78 is 13.2. The second kappa shape index (κ2) is 7.42. The van der Waals surface area contributed by atoms with Crippen molar-refractivity contribution in [2.45, 2.75) is 20.0 Å². The van der Waals surface area contributed by atoms with E-state index in [0.29, 0.717) is 13.1 Å². The van der Waals surface area contributed by atoms with E-state index in [9.17, 15) is 4.39 Å². The molecule has 0 saturated carbocycles. The van der Waals surface area contributed by atoms with E-state index >= 15 is 0 Å². The lowest BCUT2D eigenvalue weighted by Crippen LogP contribution is -2.38. The van der Waals surface area contributed by atoms with Crippen molar-refractivity contribution in [2.75, 3.05) is 13.6 Å². The monoisotopic (exact) mass is 289 g/mol. The summed E-state index contributed by atoms with van der Waals surface area (Å²) in [5.74, 6) is 0.552. The molecule has 0 fully saturated rings. The SMILES string of the molecule is CCNC(=NCc1ccn[nH]1)N(C)Cc1cccc(F)c1. The Hall–Kier alpha value is -2.37. The van der Waals surface area contributed by atoms with Crippen molar-refractivity contribution in [1.29, 1.82) is 0 Å². The molecule has 0 aliphatic heterocycles. The summed E-state index contributed by atoms with van der Waals surface area (Å²) in [6.45, 7) is 3.90. The number of H-pyrrole nitrogens is 1. The summed E-state index contributed by atoms with van der Waals surface area (Å²) in [6, 6.07) is 8.49. The van der Waals surface area contributed by atoms with Gasteiger partial charge in [-0.1, -0.05) is 12.1 Å². The molecule has 0 radical (unpaired) electrons. The smallest absolute Gasteiger partial charge is 0.194 e. The Morgan fingerprint density at radius 1 is 1.43 bits per heavy atom. The van der Waals surface area contributed by atoms with Gasteiger partial charge in [-0.05, 0) is 30.7 Å². The van der Waals surface area contributed by atoms with Gasteiger partial charge in [-0.25, -0.2) is 9.38 Å². The van der Waals surface area contributed by atoms with Crippen LogP contribution in [0.25, 0.3) is 0 Å². The topological polar surface area (TPSA) is 56.3 Å². The van der Waals surface area contributed by atoms with E-state index in [2.05, 4.69) is 20.5 Å². The number of halogens is 1. The molecule has 0 amide bonds. The standard InChI is InChI=1S/C15H20FN5/c1-3-17-15(18-10-14-7-8-19-20-14)21(2)11-12-5-4-6-13(16)9-12/h4-9H,3,10-11H2,1-2H3,(H,17,18)(H,19,20). The van der Waals surface area contributed by atoms with Crippen LogP contribution in [0.3, 0.4) is 0 Å². The number of aliphatic imine (C=N–C) groups is 1. The molecule has 2 aromatic rings. The average Bonchev–Trinajstić information content (AvgIpc) is 2.96. The molecule has 21 heavy (non-hydrogen) atoms. The first kappa shape index (κ1) is 15.0. The fourth-order valence-electron chi connectivity index (χ4n) is 1.99. The van der Waals surface area contributed by atoms with E-state index in [0.717, 1.165) is 23.8 Å². The molecular formula is C15H20FN5. The molecule has 1 aromatic heterocycles. The zero-order chi connectivity index (χ0) is 15.1. The number of nitrogens with one attached hydrogen (secondary N) is 2. The first-order chi connectivity index (χ1) is 10.2. The molecule has 0 aliphatic carbocycles. The Kier molecular flexibility index (Phi) is 5.31. The number of hydrogen-bond acceptors (Lipinski definition) is 2. The van der Waals surface area contributed by atoms with Crippen LogP contribution in [0.2, 0.25) is 0 Å². The highest BCUT2D eigenvalue weighted by atomic mass is 19.1. The predicted octanol–water partition coefficient (Wildman–Crippen LogP) is 2.15. The van der Waals surface area contributed by atoms with Gasteiger partial charge in [0, 0.05) is 26.3 Å². The van der Waals surface area contributed by atoms with Crippen molar-refractivity contribution in [3.05, 3.63) is 53.6 Å². The van der Waals surface area contributed by atoms with E-state index in [1.54, 1.807) is 12.3 Å². The third-order valence-corrected chi connectivity index (χ3v) is 2.96. The van der Waals surface area contributed by atoms with E-state index in [1.807, 2.05) is 31.0 Å².